The van der Waals surface area contributed by atoms with Crippen molar-refractivity contribution in [3.8, 4) is 0 Å². The molecule has 0 N–H and O–H groups in total. The molecule has 0 rings (SSSR count). The molecular weight excluding hydrogens is 877 g/mol. The summed E-state index contributed by atoms with van der Waals surface area (Å²) in [6.45, 7) is 6.59. The molecule has 0 aliphatic rings. The van der Waals surface area contributed by atoms with Gasteiger partial charge in [0, 0.05) is 19.3 Å². The molecule has 0 aliphatic heterocycles. The first-order valence-electron chi connectivity index (χ1n) is 31.8. The molecule has 0 aromatic carbocycles. The van der Waals surface area contributed by atoms with E-state index in [-0.39, 0.29) is 31.1 Å². The molecule has 6 heteroatoms. The fourth-order valence-corrected chi connectivity index (χ4v) is 9.62. The van der Waals surface area contributed by atoms with Gasteiger partial charge in [0.2, 0.25) is 0 Å². The molecule has 0 aromatic rings. The lowest BCUT2D eigenvalue weighted by molar-refractivity contribution is -0.167. The van der Waals surface area contributed by atoms with Gasteiger partial charge in [-0.3, -0.25) is 14.4 Å². The van der Waals surface area contributed by atoms with Crippen LogP contribution in [0.3, 0.4) is 0 Å². The number of allylic oxidation sites excluding steroid dienone is 4. The van der Waals surface area contributed by atoms with Crippen LogP contribution in [0.2, 0.25) is 0 Å². The Morgan fingerprint density at radius 2 is 0.493 bits per heavy atom. The molecule has 71 heavy (non-hydrogen) atoms. The summed E-state index contributed by atoms with van der Waals surface area (Å²) in [5.74, 6) is -0.876. The lowest BCUT2D eigenvalue weighted by atomic mass is 10.0. The van der Waals surface area contributed by atoms with E-state index in [1.807, 2.05) is 0 Å². The summed E-state index contributed by atoms with van der Waals surface area (Å²) in [5, 5.41) is 0. The second-order valence-corrected chi connectivity index (χ2v) is 21.7. The van der Waals surface area contributed by atoms with Crippen LogP contribution in [-0.4, -0.2) is 37.2 Å². The van der Waals surface area contributed by atoms with Crippen LogP contribution in [0, 0.1) is 0 Å². The Balaban J connectivity index is 3.99. The van der Waals surface area contributed by atoms with Crippen molar-refractivity contribution in [3.63, 3.8) is 0 Å². The van der Waals surface area contributed by atoms with Crippen molar-refractivity contribution in [2.45, 2.75) is 361 Å². The number of esters is 3. The SMILES string of the molecule is CCC/C=C\CCCCCCCC(=O)OCC(COC(=O)CCCCCCCCCCCCCCCCCCCCCCCCCCCCCCCCC)OC(=O)CCCCCCC/C=C\CCCCC. The molecule has 1 unspecified atom stereocenters. The molecule has 0 heterocycles. The first-order chi connectivity index (χ1) is 35.0. The first kappa shape index (κ1) is 68.9. The van der Waals surface area contributed by atoms with Crippen molar-refractivity contribution in [3.05, 3.63) is 24.3 Å². The van der Waals surface area contributed by atoms with Gasteiger partial charge in [-0.1, -0.05) is 295 Å². The van der Waals surface area contributed by atoms with E-state index in [1.54, 1.807) is 0 Å². The normalized spacial score (nSPS) is 12.1. The topological polar surface area (TPSA) is 78.9 Å². The second-order valence-electron chi connectivity index (χ2n) is 21.7. The molecule has 0 bridgehead atoms. The zero-order valence-corrected chi connectivity index (χ0v) is 48.0. The number of carbonyl (C=O) groups excluding carboxylic acids is 3. The largest absolute Gasteiger partial charge is 0.462 e. The molecule has 6 nitrogen and oxygen atoms in total. The van der Waals surface area contributed by atoms with E-state index < -0.39 is 6.10 Å². The molecule has 418 valence electrons. The highest BCUT2D eigenvalue weighted by atomic mass is 16.6. The van der Waals surface area contributed by atoms with Gasteiger partial charge < -0.3 is 14.2 Å². The summed E-state index contributed by atoms with van der Waals surface area (Å²) in [6.07, 6.45) is 72.3. The highest BCUT2D eigenvalue weighted by Gasteiger charge is 2.19. The lowest BCUT2D eigenvalue weighted by Crippen LogP contribution is -2.30. The van der Waals surface area contributed by atoms with Crippen molar-refractivity contribution < 1.29 is 28.6 Å². The predicted molar refractivity (Wildman–Crippen MR) is 307 cm³/mol. The fourth-order valence-electron chi connectivity index (χ4n) is 9.62. The molecule has 0 fully saturated rings. The van der Waals surface area contributed by atoms with Crippen LogP contribution in [0.15, 0.2) is 24.3 Å². The third kappa shape index (κ3) is 58.7. The molecule has 0 radical (unpaired) electrons. The second kappa shape index (κ2) is 60.4. The zero-order chi connectivity index (χ0) is 51.4. The number of unbranched alkanes of at least 4 members (excludes halogenated alkanes) is 44. The van der Waals surface area contributed by atoms with Gasteiger partial charge in [0.05, 0.1) is 0 Å². The maximum absolute atomic E-state index is 12.8. The maximum Gasteiger partial charge on any atom is 0.306 e. The maximum atomic E-state index is 12.8. The average molecular weight is 1000 g/mol. The van der Waals surface area contributed by atoms with Crippen LogP contribution < -0.4 is 0 Å². The first-order valence-corrected chi connectivity index (χ1v) is 31.8. The van der Waals surface area contributed by atoms with Crippen LogP contribution in [0.25, 0.3) is 0 Å². The molecule has 0 saturated carbocycles. The Morgan fingerprint density at radius 3 is 0.789 bits per heavy atom. The van der Waals surface area contributed by atoms with E-state index in [1.165, 1.54) is 238 Å². The Labute approximate surface area is 443 Å². The third-order valence-electron chi connectivity index (χ3n) is 14.4. The van der Waals surface area contributed by atoms with Crippen molar-refractivity contribution in [2.24, 2.45) is 0 Å². The van der Waals surface area contributed by atoms with E-state index in [2.05, 4.69) is 45.1 Å². The number of ether oxygens (including phenoxy) is 3. The Bertz CT molecular complexity index is 1150. The molecule has 0 aliphatic carbocycles. The summed E-state index contributed by atoms with van der Waals surface area (Å²) in [4.78, 5) is 38.0. The van der Waals surface area contributed by atoms with E-state index in [9.17, 15) is 14.4 Å². The van der Waals surface area contributed by atoms with Crippen molar-refractivity contribution in [1.82, 2.24) is 0 Å². The minimum Gasteiger partial charge on any atom is -0.462 e. The fraction of sp³-hybridized carbons (Fsp3) is 0.892. The van der Waals surface area contributed by atoms with Crippen molar-refractivity contribution in [2.75, 3.05) is 13.2 Å². The van der Waals surface area contributed by atoms with Gasteiger partial charge >= 0.3 is 17.9 Å². The summed E-state index contributed by atoms with van der Waals surface area (Å²) in [7, 11) is 0. The van der Waals surface area contributed by atoms with Crippen LogP contribution in [0.5, 0.6) is 0 Å². The minimum atomic E-state index is -0.774. The van der Waals surface area contributed by atoms with Crippen LogP contribution >= 0.6 is 0 Å². The average Bonchev–Trinajstić information content (AvgIpc) is 3.37. The van der Waals surface area contributed by atoms with Crippen molar-refractivity contribution in [1.29, 1.82) is 0 Å². The highest BCUT2D eigenvalue weighted by Crippen LogP contribution is 2.18. The Hall–Kier alpha value is -2.11. The van der Waals surface area contributed by atoms with E-state index in [0.29, 0.717) is 19.3 Å². The van der Waals surface area contributed by atoms with Gasteiger partial charge in [0.15, 0.2) is 6.10 Å². The quantitative estimate of drug-likeness (QED) is 0.0261. The van der Waals surface area contributed by atoms with Gasteiger partial charge in [0.1, 0.15) is 13.2 Å². The molecule has 0 aromatic heterocycles. The third-order valence-corrected chi connectivity index (χ3v) is 14.4. The summed E-state index contributed by atoms with van der Waals surface area (Å²) < 4.78 is 16.8. The van der Waals surface area contributed by atoms with Gasteiger partial charge in [-0.05, 0) is 64.2 Å². The van der Waals surface area contributed by atoms with Gasteiger partial charge in [0.25, 0.3) is 0 Å². The molecular formula is C65H122O6. The van der Waals surface area contributed by atoms with Crippen LogP contribution in [0.4, 0.5) is 0 Å². The van der Waals surface area contributed by atoms with E-state index >= 15 is 0 Å². The number of carbonyl (C=O) groups is 3. The molecule has 0 amide bonds. The molecule has 1 atom stereocenters. The van der Waals surface area contributed by atoms with Gasteiger partial charge in [-0.25, -0.2) is 0 Å². The molecule has 0 saturated heterocycles. The highest BCUT2D eigenvalue weighted by molar-refractivity contribution is 5.71. The van der Waals surface area contributed by atoms with Crippen molar-refractivity contribution >= 4 is 17.9 Å². The van der Waals surface area contributed by atoms with E-state index in [0.717, 1.165) is 77.0 Å². The zero-order valence-electron chi connectivity index (χ0n) is 48.0. The van der Waals surface area contributed by atoms with Gasteiger partial charge in [-0.15, -0.1) is 0 Å². The monoisotopic (exact) mass is 999 g/mol. The lowest BCUT2D eigenvalue weighted by Gasteiger charge is -2.18. The number of rotatable bonds is 59. The minimum absolute atomic E-state index is 0.0733. The number of hydrogen-bond acceptors (Lipinski definition) is 6. The Kier molecular flexibility index (Phi) is 58.6. The summed E-state index contributed by atoms with van der Waals surface area (Å²) in [6, 6.07) is 0. The van der Waals surface area contributed by atoms with Crippen LogP contribution in [0.1, 0.15) is 355 Å². The smallest absolute Gasteiger partial charge is 0.306 e. The summed E-state index contributed by atoms with van der Waals surface area (Å²) in [5.41, 5.74) is 0. The Morgan fingerprint density at radius 1 is 0.268 bits per heavy atom. The van der Waals surface area contributed by atoms with E-state index in [4.69, 9.17) is 14.2 Å². The molecule has 0 spiro atoms. The van der Waals surface area contributed by atoms with Crippen LogP contribution in [-0.2, 0) is 28.6 Å². The standard InChI is InChI=1S/C65H122O6/c1-4-7-10-13-16-19-22-24-25-26-27-28-29-30-31-32-33-34-35-36-37-38-39-40-41-42-44-46-49-52-55-58-64(67)70-61-62(60-69-63(66)57-54-51-48-45-21-18-15-12-9-6-3)71-65(68)59-56-53-50-47-43-23-20-17-14-11-8-5-2/h12,15,17,20,62H,4-11,13-14,16,18-19,21-61H2,1-3H3/b15-12-,20-17-. The summed E-state index contributed by atoms with van der Waals surface area (Å²) >= 11 is 0. The predicted octanol–water partition coefficient (Wildman–Crippen LogP) is 21.4. The number of hydrogen-bond donors (Lipinski definition) is 0. The van der Waals surface area contributed by atoms with Gasteiger partial charge in [-0.2, -0.15) is 0 Å².